The number of nitrogens with two attached hydrogens (primary N) is 1. The lowest BCUT2D eigenvalue weighted by Crippen LogP contribution is -2.08. The van der Waals surface area contributed by atoms with Gasteiger partial charge in [0.2, 0.25) is 11.7 Å². The second-order valence-corrected chi connectivity index (χ2v) is 5.53. The van der Waals surface area contributed by atoms with Crippen LogP contribution in [0.5, 0.6) is 5.75 Å². The van der Waals surface area contributed by atoms with Gasteiger partial charge in [0.25, 0.3) is 0 Å². The molecule has 108 valence electrons. The smallest absolute Gasteiger partial charge is 0.226 e. The van der Waals surface area contributed by atoms with Crippen LogP contribution in [0.15, 0.2) is 27.2 Å². The van der Waals surface area contributed by atoms with Crippen LogP contribution < -0.4 is 10.5 Å². The maximum atomic E-state index is 5.95. The van der Waals surface area contributed by atoms with Crippen LogP contribution in [0, 0.1) is 0 Å². The van der Waals surface area contributed by atoms with Crippen LogP contribution in [0.2, 0.25) is 0 Å². The molecular weight excluding hydrogens is 322 g/mol. The fourth-order valence-corrected chi connectivity index (χ4v) is 2.19. The van der Waals surface area contributed by atoms with Crippen LogP contribution in [-0.2, 0) is 13.0 Å². The zero-order valence-electron chi connectivity index (χ0n) is 11.6. The summed E-state index contributed by atoms with van der Waals surface area (Å²) in [5.74, 6) is 1.94. The van der Waals surface area contributed by atoms with Crippen LogP contribution >= 0.6 is 15.9 Å². The minimum absolute atomic E-state index is 0.108. The largest absolute Gasteiger partial charge is 0.485 e. The van der Waals surface area contributed by atoms with Crippen LogP contribution in [0.4, 0.5) is 0 Å². The molecule has 0 aliphatic carbocycles. The number of hydrogen-bond donors (Lipinski definition) is 1. The normalized spacial score (nSPS) is 12.4. The Kier molecular flexibility index (Phi) is 5.14. The first-order valence-corrected chi connectivity index (χ1v) is 7.38. The molecule has 0 spiro atoms. The van der Waals surface area contributed by atoms with Gasteiger partial charge in [-0.05, 0) is 31.5 Å². The van der Waals surface area contributed by atoms with E-state index in [1.807, 2.05) is 25.1 Å². The van der Waals surface area contributed by atoms with E-state index in [9.17, 15) is 0 Å². The van der Waals surface area contributed by atoms with Gasteiger partial charge >= 0.3 is 0 Å². The first-order valence-electron chi connectivity index (χ1n) is 6.59. The van der Waals surface area contributed by atoms with E-state index in [-0.39, 0.29) is 12.6 Å². The summed E-state index contributed by atoms with van der Waals surface area (Å²) in [6.45, 7) is 4.26. The van der Waals surface area contributed by atoms with E-state index in [2.05, 4.69) is 33.0 Å². The fraction of sp³-hybridized carbons (Fsp3) is 0.429. The Labute approximate surface area is 126 Å². The summed E-state index contributed by atoms with van der Waals surface area (Å²) in [4.78, 5) is 4.26. The third-order valence-corrected chi connectivity index (χ3v) is 3.29. The monoisotopic (exact) mass is 339 g/mol. The molecule has 1 atom stereocenters. The van der Waals surface area contributed by atoms with Gasteiger partial charge in [-0.1, -0.05) is 28.0 Å². The van der Waals surface area contributed by atoms with Gasteiger partial charge in [-0.15, -0.1) is 0 Å². The Morgan fingerprint density at radius 1 is 1.45 bits per heavy atom. The number of halogens is 1. The molecule has 2 aromatic rings. The van der Waals surface area contributed by atoms with Crippen molar-refractivity contribution in [1.82, 2.24) is 10.1 Å². The molecule has 0 unspecified atom stereocenters. The zero-order valence-corrected chi connectivity index (χ0v) is 13.2. The molecule has 0 amide bonds. The van der Waals surface area contributed by atoms with E-state index in [0.717, 1.165) is 28.6 Å². The number of nitrogens with zero attached hydrogens (tertiary/aromatic N) is 2. The van der Waals surface area contributed by atoms with Crippen molar-refractivity contribution in [2.75, 3.05) is 0 Å². The molecule has 5 nitrogen and oxygen atoms in total. The molecule has 0 bridgehead atoms. The van der Waals surface area contributed by atoms with Gasteiger partial charge < -0.3 is 15.0 Å². The molecule has 0 radical (unpaired) electrons. The molecule has 0 fully saturated rings. The third kappa shape index (κ3) is 3.80. The summed E-state index contributed by atoms with van der Waals surface area (Å²) < 4.78 is 11.8. The molecule has 2 rings (SSSR count). The number of hydrogen-bond acceptors (Lipinski definition) is 5. The Morgan fingerprint density at radius 3 is 2.95 bits per heavy atom. The molecule has 6 heteroatoms. The van der Waals surface area contributed by atoms with Crippen molar-refractivity contribution in [2.24, 2.45) is 5.73 Å². The highest BCUT2D eigenvalue weighted by Gasteiger charge is 2.11. The molecule has 0 aliphatic rings. The Bertz CT molecular complexity index is 569. The Hall–Kier alpha value is -1.40. The second kappa shape index (κ2) is 6.85. The zero-order chi connectivity index (χ0) is 14.5. The average Bonchev–Trinajstić information content (AvgIpc) is 2.85. The number of benzene rings is 1. The van der Waals surface area contributed by atoms with E-state index in [1.165, 1.54) is 0 Å². The van der Waals surface area contributed by atoms with Crippen molar-refractivity contribution in [3.05, 3.63) is 40.0 Å². The topological polar surface area (TPSA) is 74.2 Å². The highest BCUT2D eigenvalue weighted by molar-refractivity contribution is 9.10. The highest BCUT2D eigenvalue weighted by atomic mass is 79.9. The SMILES string of the molecule is CCCc1nc(COc2ccc(Br)cc2[C@@H](C)N)no1. The van der Waals surface area contributed by atoms with Gasteiger partial charge in [0.1, 0.15) is 5.75 Å². The predicted octanol–water partition coefficient (Wildman–Crippen LogP) is 3.38. The predicted molar refractivity (Wildman–Crippen MR) is 79.4 cm³/mol. The van der Waals surface area contributed by atoms with Gasteiger partial charge in [0.15, 0.2) is 6.61 Å². The molecule has 1 aromatic heterocycles. The minimum atomic E-state index is -0.108. The molecule has 0 aliphatic heterocycles. The third-order valence-electron chi connectivity index (χ3n) is 2.79. The molecule has 0 saturated heterocycles. The van der Waals surface area contributed by atoms with Gasteiger partial charge in [-0.2, -0.15) is 4.98 Å². The second-order valence-electron chi connectivity index (χ2n) is 4.61. The van der Waals surface area contributed by atoms with Crippen molar-refractivity contribution in [2.45, 2.75) is 39.3 Å². The van der Waals surface area contributed by atoms with E-state index in [4.69, 9.17) is 15.0 Å². The molecule has 1 heterocycles. The van der Waals surface area contributed by atoms with Crippen molar-refractivity contribution in [1.29, 1.82) is 0 Å². The van der Waals surface area contributed by atoms with Crippen molar-refractivity contribution in [3.8, 4) is 5.75 Å². The minimum Gasteiger partial charge on any atom is -0.485 e. The number of aryl methyl sites for hydroxylation is 1. The fourth-order valence-electron chi connectivity index (χ4n) is 1.81. The van der Waals surface area contributed by atoms with Crippen molar-refractivity contribution in [3.63, 3.8) is 0 Å². The number of ether oxygens (including phenoxy) is 1. The lowest BCUT2D eigenvalue weighted by molar-refractivity contribution is 0.281. The summed E-state index contributed by atoms with van der Waals surface area (Å²) in [6.07, 6.45) is 1.76. The van der Waals surface area contributed by atoms with Crippen LogP contribution in [0.25, 0.3) is 0 Å². The molecule has 0 saturated carbocycles. The molecule has 20 heavy (non-hydrogen) atoms. The maximum absolute atomic E-state index is 5.95. The molecular formula is C14H18BrN3O2. The standard InChI is InChI=1S/C14H18BrN3O2/c1-3-4-14-17-13(18-20-14)8-19-12-6-5-10(15)7-11(12)9(2)16/h5-7,9H,3-4,8,16H2,1-2H3/t9-/m1/s1. The highest BCUT2D eigenvalue weighted by Crippen LogP contribution is 2.27. The van der Waals surface area contributed by atoms with E-state index in [1.54, 1.807) is 0 Å². The summed E-state index contributed by atoms with van der Waals surface area (Å²) in [5.41, 5.74) is 6.89. The first kappa shape index (κ1) is 15.0. The lowest BCUT2D eigenvalue weighted by Gasteiger charge is -2.13. The quantitative estimate of drug-likeness (QED) is 0.873. The summed E-state index contributed by atoms with van der Waals surface area (Å²) in [6, 6.07) is 5.65. The lowest BCUT2D eigenvalue weighted by atomic mass is 10.1. The van der Waals surface area contributed by atoms with Gasteiger partial charge in [0, 0.05) is 22.5 Å². The van der Waals surface area contributed by atoms with Crippen molar-refractivity contribution >= 4 is 15.9 Å². The van der Waals surface area contributed by atoms with Crippen LogP contribution in [0.3, 0.4) is 0 Å². The van der Waals surface area contributed by atoms with Crippen molar-refractivity contribution < 1.29 is 9.26 Å². The molecule has 1 aromatic carbocycles. The van der Waals surface area contributed by atoms with E-state index >= 15 is 0 Å². The van der Waals surface area contributed by atoms with Gasteiger partial charge in [-0.3, -0.25) is 0 Å². The molecule has 2 N–H and O–H groups in total. The Morgan fingerprint density at radius 2 is 2.25 bits per heavy atom. The first-order chi connectivity index (χ1) is 9.60. The van der Waals surface area contributed by atoms with Gasteiger partial charge in [-0.25, -0.2) is 0 Å². The van der Waals surface area contributed by atoms with E-state index < -0.39 is 0 Å². The number of rotatable bonds is 6. The Balaban J connectivity index is 2.06. The van der Waals surface area contributed by atoms with Crippen LogP contribution in [0.1, 0.15) is 43.6 Å². The number of aromatic nitrogens is 2. The summed E-state index contributed by atoms with van der Waals surface area (Å²) in [5, 5.41) is 3.89. The summed E-state index contributed by atoms with van der Waals surface area (Å²) in [7, 11) is 0. The van der Waals surface area contributed by atoms with E-state index in [0.29, 0.717) is 11.7 Å². The van der Waals surface area contributed by atoms with Gasteiger partial charge in [0.05, 0.1) is 0 Å². The maximum Gasteiger partial charge on any atom is 0.226 e. The van der Waals surface area contributed by atoms with Crippen LogP contribution in [-0.4, -0.2) is 10.1 Å². The summed E-state index contributed by atoms with van der Waals surface area (Å²) >= 11 is 3.43. The average molecular weight is 340 g/mol.